The first kappa shape index (κ1) is 18.0. The number of halogens is 2. The summed E-state index contributed by atoms with van der Waals surface area (Å²) in [4.78, 5) is 18.0. The van der Waals surface area contributed by atoms with Gasteiger partial charge in [-0.2, -0.15) is 0 Å². The lowest BCUT2D eigenvalue weighted by Gasteiger charge is -2.22. The maximum Gasteiger partial charge on any atom is 0.299 e. The molecule has 1 aromatic carbocycles. The Morgan fingerprint density at radius 2 is 2.00 bits per heavy atom. The Labute approximate surface area is 158 Å². The second kappa shape index (κ2) is 7.23. The third-order valence-corrected chi connectivity index (χ3v) is 4.23. The fourth-order valence-electron chi connectivity index (χ4n) is 2.50. The van der Waals surface area contributed by atoms with Crippen molar-refractivity contribution < 1.29 is 19.2 Å². The average molecular weight is 394 g/mol. The number of anilines is 1. The number of methoxy groups -OCH3 is 1. The number of fused-ring (bicyclic) bond motifs is 1. The zero-order valence-corrected chi connectivity index (χ0v) is 15.2. The standard InChI is InChI=1S/C17H13Cl2N3O4/c1-9(21-24)22(16-11(18)7-20-8-12(16)19)17(23)15-6-10-13(25-2)4-3-5-14(10)26-15/h3-8,24H,1-2H3/b21-9-. The molecule has 0 unspecified atom stereocenters. The van der Waals surface area contributed by atoms with Gasteiger partial charge in [0.2, 0.25) is 0 Å². The Bertz CT molecular complexity index is 996. The number of rotatable bonds is 3. The van der Waals surface area contributed by atoms with Gasteiger partial charge in [0.25, 0.3) is 5.91 Å². The number of benzene rings is 1. The summed E-state index contributed by atoms with van der Waals surface area (Å²) in [6.07, 6.45) is 2.66. The summed E-state index contributed by atoms with van der Waals surface area (Å²) in [5, 5.41) is 13.2. The van der Waals surface area contributed by atoms with Gasteiger partial charge in [-0.3, -0.25) is 14.7 Å². The van der Waals surface area contributed by atoms with E-state index in [0.717, 1.165) is 4.90 Å². The highest BCUT2D eigenvalue weighted by molar-refractivity contribution is 6.41. The van der Waals surface area contributed by atoms with E-state index in [-0.39, 0.29) is 27.3 Å². The summed E-state index contributed by atoms with van der Waals surface area (Å²) < 4.78 is 10.9. The van der Waals surface area contributed by atoms with E-state index in [4.69, 9.17) is 32.4 Å². The molecule has 0 saturated carbocycles. The Hall–Kier alpha value is -2.77. The minimum absolute atomic E-state index is 0.00329. The third-order valence-electron chi connectivity index (χ3n) is 3.68. The third kappa shape index (κ3) is 3.07. The zero-order valence-electron chi connectivity index (χ0n) is 13.7. The number of ether oxygens (including phenoxy) is 1. The molecule has 1 amide bonds. The number of amidine groups is 1. The van der Waals surface area contributed by atoms with Crippen LogP contribution >= 0.6 is 23.2 Å². The van der Waals surface area contributed by atoms with E-state index in [9.17, 15) is 10.0 Å². The van der Waals surface area contributed by atoms with Crippen molar-refractivity contribution in [2.75, 3.05) is 12.0 Å². The Morgan fingerprint density at radius 1 is 1.31 bits per heavy atom. The topological polar surface area (TPSA) is 88.2 Å². The number of amides is 1. The quantitative estimate of drug-likeness (QED) is 0.304. The summed E-state index contributed by atoms with van der Waals surface area (Å²) >= 11 is 12.3. The molecular formula is C17H13Cl2N3O4. The van der Waals surface area contributed by atoms with E-state index in [1.807, 2.05) is 0 Å². The van der Waals surface area contributed by atoms with Gasteiger partial charge >= 0.3 is 0 Å². The van der Waals surface area contributed by atoms with Crippen molar-refractivity contribution in [1.29, 1.82) is 0 Å². The molecule has 2 aromatic heterocycles. The summed E-state index contributed by atoms with van der Waals surface area (Å²) in [6, 6.07) is 6.74. The van der Waals surface area contributed by atoms with E-state index < -0.39 is 5.91 Å². The first-order valence-corrected chi connectivity index (χ1v) is 8.12. The molecule has 9 heteroatoms. The highest BCUT2D eigenvalue weighted by Gasteiger charge is 2.28. The monoisotopic (exact) mass is 393 g/mol. The maximum atomic E-state index is 13.1. The minimum Gasteiger partial charge on any atom is -0.496 e. The van der Waals surface area contributed by atoms with Gasteiger partial charge in [0.15, 0.2) is 11.6 Å². The predicted octanol–water partition coefficient (Wildman–Crippen LogP) is 4.60. The summed E-state index contributed by atoms with van der Waals surface area (Å²) in [5.41, 5.74) is 0.606. The molecule has 0 aliphatic heterocycles. The van der Waals surface area contributed by atoms with Gasteiger partial charge in [0, 0.05) is 18.5 Å². The molecule has 3 rings (SSSR count). The summed E-state index contributed by atoms with van der Waals surface area (Å²) in [6.45, 7) is 1.42. The van der Waals surface area contributed by atoms with Crippen LogP contribution in [0, 0.1) is 0 Å². The number of furan rings is 1. The normalized spacial score (nSPS) is 11.6. The average Bonchev–Trinajstić information content (AvgIpc) is 3.08. The molecule has 0 radical (unpaired) electrons. The van der Waals surface area contributed by atoms with E-state index in [1.165, 1.54) is 32.5 Å². The van der Waals surface area contributed by atoms with Crippen molar-refractivity contribution in [3.63, 3.8) is 0 Å². The second-order valence-corrected chi connectivity index (χ2v) is 6.04. The van der Waals surface area contributed by atoms with Crippen molar-refractivity contribution in [3.05, 3.63) is 52.5 Å². The van der Waals surface area contributed by atoms with Crippen molar-refractivity contribution >= 4 is 51.6 Å². The molecule has 26 heavy (non-hydrogen) atoms. The van der Waals surface area contributed by atoms with Crippen LogP contribution in [-0.2, 0) is 0 Å². The second-order valence-electron chi connectivity index (χ2n) is 5.22. The first-order chi connectivity index (χ1) is 12.5. The molecule has 0 atom stereocenters. The number of nitrogens with zero attached hydrogens (tertiary/aromatic N) is 3. The van der Waals surface area contributed by atoms with Crippen LogP contribution in [0.2, 0.25) is 10.0 Å². The maximum absolute atomic E-state index is 13.1. The summed E-state index contributed by atoms with van der Waals surface area (Å²) in [7, 11) is 1.52. The number of hydrogen-bond acceptors (Lipinski definition) is 6. The largest absolute Gasteiger partial charge is 0.496 e. The van der Waals surface area contributed by atoms with Gasteiger partial charge < -0.3 is 14.4 Å². The Morgan fingerprint density at radius 3 is 2.62 bits per heavy atom. The predicted molar refractivity (Wildman–Crippen MR) is 98.7 cm³/mol. The van der Waals surface area contributed by atoms with Crippen LogP contribution in [0.3, 0.4) is 0 Å². The van der Waals surface area contributed by atoms with Crippen LogP contribution in [0.4, 0.5) is 5.69 Å². The molecule has 1 N–H and O–H groups in total. The fraction of sp³-hybridized carbons (Fsp3) is 0.118. The van der Waals surface area contributed by atoms with Crippen molar-refractivity contribution in [2.24, 2.45) is 5.16 Å². The minimum atomic E-state index is -0.617. The van der Waals surface area contributed by atoms with Gasteiger partial charge in [0.1, 0.15) is 11.3 Å². The number of hydrogen-bond donors (Lipinski definition) is 1. The number of pyridine rings is 1. The molecule has 0 saturated heterocycles. The molecule has 3 aromatic rings. The van der Waals surface area contributed by atoms with Gasteiger partial charge in [0.05, 0.1) is 28.2 Å². The van der Waals surface area contributed by atoms with E-state index in [0.29, 0.717) is 16.7 Å². The smallest absolute Gasteiger partial charge is 0.299 e. The number of aromatic nitrogens is 1. The Balaban J connectivity index is 2.15. The van der Waals surface area contributed by atoms with Gasteiger partial charge in [-0.25, -0.2) is 0 Å². The number of oxime groups is 1. The van der Waals surface area contributed by atoms with Crippen LogP contribution in [0.15, 0.2) is 46.2 Å². The van der Waals surface area contributed by atoms with E-state index in [1.54, 1.807) is 18.2 Å². The van der Waals surface area contributed by atoms with Crippen molar-refractivity contribution in [2.45, 2.75) is 6.92 Å². The number of carbonyl (C=O) groups is 1. The number of carbonyl (C=O) groups excluding carboxylic acids is 1. The van der Waals surface area contributed by atoms with Crippen LogP contribution in [0.5, 0.6) is 5.75 Å². The molecule has 0 bridgehead atoms. The lowest BCUT2D eigenvalue weighted by atomic mass is 10.2. The highest BCUT2D eigenvalue weighted by Crippen LogP contribution is 2.35. The Kier molecular flexibility index (Phi) is 5.01. The van der Waals surface area contributed by atoms with Crippen LogP contribution in [-0.4, -0.2) is 29.0 Å². The molecule has 7 nitrogen and oxygen atoms in total. The molecule has 0 aliphatic rings. The van der Waals surface area contributed by atoms with Crippen molar-refractivity contribution in [1.82, 2.24) is 4.98 Å². The SMILES string of the molecule is COc1cccc2oc(C(=O)N(/C(C)=N\O)c3c(Cl)cncc3Cl)cc12. The van der Waals surface area contributed by atoms with Gasteiger partial charge in [-0.15, -0.1) is 0 Å². The zero-order chi connectivity index (χ0) is 18.8. The van der Waals surface area contributed by atoms with Crippen LogP contribution in [0.1, 0.15) is 17.5 Å². The molecular weight excluding hydrogens is 381 g/mol. The van der Waals surface area contributed by atoms with Gasteiger partial charge in [-0.05, 0) is 19.1 Å². The van der Waals surface area contributed by atoms with Crippen LogP contribution in [0.25, 0.3) is 11.0 Å². The molecule has 2 heterocycles. The highest BCUT2D eigenvalue weighted by atomic mass is 35.5. The summed E-state index contributed by atoms with van der Waals surface area (Å²) in [5.74, 6) is -0.105. The molecule has 0 spiro atoms. The fourth-order valence-corrected chi connectivity index (χ4v) is 3.03. The van der Waals surface area contributed by atoms with E-state index in [2.05, 4.69) is 10.1 Å². The van der Waals surface area contributed by atoms with Gasteiger partial charge in [-0.1, -0.05) is 34.4 Å². The molecule has 0 aliphatic carbocycles. The molecule has 134 valence electrons. The molecule has 0 fully saturated rings. The lowest BCUT2D eigenvalue weighted by molar-refractivity contribution is 0.0977. The lowest BCUT2D eigenvalue weighted by Crippen LogP contribution is -2.35. The van der Waals surface area contributed by atoms with E-state index >= 15 is 0 Å². The van der Waals surface area contributed by atoms with Crippen LogP contribution < -0.4 is 9.64 Å². The first-order valence-electron chi connectivity index (χ1n) is 7.36. The van der Waals surface area contributed by atoms with Crippen molar-refractivity contribution in [3.8, 4) is 5.75 Å².